The second kappa shape index (κ2) is 6.87. The zero-order valence-corrected chi connectivity index (χ0v) is 11.6. The number of nitro groups is 1. The van der Waals surface area contributed by atoms with Gasteiger partial charge in [0, 0.05) is 17.7 Å². The maximum atomic E-state index is 10.6. The Balaban J connectivity index is 2.61. The molecular weight excluding hydrogens is 260 g/mol. The minimum atomic E-state index is -0.515. The Bertz CT molecular complexity index is 520. The molecule has 0 aliphatic carbocycles. The van der Waals surface area contributed by atoms with Gasteiger partial charge in [-0.2, -0.15) is 5.26 Å². The van der Waals surface area contributed by atoms with Gasteiger partial charge in [-0.3, -0.25) is 10.1 Å². The summed E-state index contributed by atoms with van der Waals surface area (Å²) in [6, 6.07) is 6.34. The summed E-state index contributed by atoms with van der Waals surface area (Å²) in [6.07, 6.45) is 1.40. The van der Waals surface area contributed by atoms with Crippen molar-refractivity contribution in [2.24, 2.45) is 5.41 Å². The van der Waals surface area contributed by atoms with Crippen molar-refractivity contribution < 1.29 is 14.8 Å². The first kappa shape index (κ1) is 15.9. The van der Waals surface area contributed by atoms with Crippen LogP contribution in [0.4, 0.5) is 5.69 Å². The number of nitrogens with zero attached hydrogens (tertiary/aromatic N) is 2. The van der Waals surface area contributed by atoms with E-state index < -0.39 is 10.3 Å². The Morgan fingerprint density at radius 3 is 2.75 bits per heavy atom. The van der Waals surface area contributed by atoms with Crippen molar-refractivity contribution >= 4 is 5.69 Å². The fraction of sp³-hybridized carbons (Fsp3) is 0.500. The van der Waals surface area contributed by atoms with E-state index in [9.17, 15) is 15.2 Å². The maximum absolute atomic E-state index is 10.6. The van der Waals surface area contributed by atoms with Crippen molar-refractivity contribution in [1.29, 1.82) is 5.26 Å². The van der Waals surface area contributed by atoms with E-state index in [0.29, 0.717) is 30.8 Å². The Hall–Kier alpha value is -2.13. The average Bonchev–Trinajstić information content (AvgIpc) is 2.43. The largest absolute Gasteiger partial charge is 0.493 e. The summed E-state index contributed by atoms with van der Waals surface area (Å²) in [5, 5.41) is 28.7. The lowest BCUT2D eigenvalue weighted by molar-refractivity contribution is -0.385. The van der Waals surface area contributed by atoms with Gasteiger partial charge >= 0.3 is 0 Å². The van der Waals surface area contributed by atoms with E-state index in [1.54, 1.807) is 0 Å². The van der Waals surface area contributed by atoms with Crippen molar-refractivity contribution in [2.75, 3.05) is 6.61 Å². The number of rotatable bonds is 7. The summed E-state index contributed by atoms with van der Waals surface area (Å²) in [6.45, 7) is 3.80. The number of non-ortho nitro benzene ring substituents is 1. The fourth-order valence-electron chi connectivity index (χ4n) is 1.70. The SMILES string of the molecule is CC(C)(C#N)CCCOc1ccc([N+](=O)[O-])cc1CO. The molecule has 0 radical (unpaired) electrons. The normalized spacial score (nSPS) is 10.9. The van der Waals surface area contributed by atoms with Gasteiger partial charge in [0.25, 0.3) is 5.69 Å². The van der Waals surface area contributed by atoms with E-state index in [4.69, 9.17) is 10.00 Å². The number of hydrogen-bond donors (Lipinski definition) is 1. The molecule has 6 nitrogen and oxygen atoms in total. The molecule has 1 rings (SSSR count). The summed E-state index contributed by atoms with van der Waals surface area (Å²) in [4.78, 5) is 10.1. The Labute approximate surface area is 117 Å². The molecule has 0 aliphatic heterocycles. The standard InChI is InChI=1S/C14H18N2O4/c1-14(2,10-15)6-3-7-20-13-5-4-12(16(18)19)8-11(13)9-17/h4-5,8,17H,3,6-7,9H2,1-2H3. The second-order valence-corrected chi connectivity index (χ2v) is 5.15. The van der Waals surface area contributed by atoms with E-state index in [1.165, 1.54) is 18.2 Å². The number of ether oxygens (including phenoxy) is 1. The van der Waals surface area contributed by atoms with E-state index in [2.05, 4.69) is 6.07 Å². The highest BCUT2D eigenvalue weighted by atomic mass is 16.6. The zero-order chi connectivity index (χ0) is 15.2. The lowest BCUT2D eigenvalue weighted by Gasteiger charge is -2.15. The Morgan fingerprint density at radius 1 is 1.50 bits per heavy atom. The van der Waals surface area contributed by atoms with Gasteiger partial charge in [-0.1, -0.05) is 0 Å². The molecule has 1 aromatic carbocycles. The lowest BCUT2D eigenvalue weighted by atomic mass is 9.90. The highest BCUT2D eigenvalue weighted by molar-refractivity contribution is 5.43. The number of hydrogen-bond acceptors (Lipinski definition) is 5. The van der Waals surface area contributed by atoms with Crippen LogP contribution in [0.15, 0.2) is 18.2 Å². The van der Waals surface area contributed by atoms with Crippen LogP contribution in [-0.2, 0) is 6.61 Å². The van der Waals surface area contributed by atoms with Crippen LogP contribution < -0.4 is 4.74 Å². The van der Waals surface area contributed by atoms with Crippen LogP contribution >= 0.6 is 0 Å². The van der Waals surface area contributed by atoms with Gasteiger partial charge in [0.1, 0.15) is 5.75 Å². The molecule has 0 aromatic heterocycles. The molecule has 0 amide bonds. The molecule has 0 fully saturated rings. The highest BCUT2D eigenvalue weighted by Gasteiger charge is 2.16. The fourth-order valence-corrected chi connectivity index (χ4v) is 1.70. The predicted octanol–water partition coefficient (Wildman–Crippen LogP) is 2.80. The molecular formula is C14H18N2O4. The zero-order valence-electron chi connectivity index (χ0n) is 11.6. The van der Waals surface area contributed by atoms with Gasteiger partial charge in [0.2, 0.25) is 0 Å². The quantitative estimate of drug-likeness (QED) is 0.470. The van der Waals surface area contributed by atoms with Gasteiger partial charge in [-0.15, -0.1) is 0 Å². The number of benzene rings is 1. The van der Waals surface area contributed by atoms with Gasteiger partial charge in [0.05, 0.1) is 29.6 Å². The first-order valence-corrected chi connectivity index (χ1v) is 6.32. The molecule has 0 bridgehead atoms. The number of aliphatic hydroxyl groups excluding tert-OH is 1. The predicted molar refractivity (Wildman–Crippen MR) is 73.1 cm³/mol. The molecule has 0 atom stereocenters. The number of nitro benzene ring substituents is 1. The molecule has 0 saturated heterocycles. The summed E-state index contributed by atoms with van der Waals surface area (Å²) in [5.41, 5.74) is -0.0793. The maximum Gasteiger partial charge on any atom is 0.270 e. The monoisotopic (exact) mass is 278 g/mol. The molecule has 1 aromatic rings. The Kier molecular flexibility index (Phi) is 5.47. The molecule has 6 heteroatoms. The summed E-state index contributed by atoms with van der Waals surface area (Å²) >= 11 is 0. The lowest BCUT2D eigenvalue weighted by Crippen LogP contribution is -2.10. The van der Waals surface area contributed by atoms with Crippen LogP contribution in [0.5, 0.6) is 5.75 Å². The molecule has 0 unspecified atom stereocenters. The van der Waals surface area contributed by atoms with Crippen LogP contribution in [-0.4, -0.2) is 16.6 Å². The van der Waals surface area contributed by atoms with Crippen LogP contribution in [0.1, 0.15) is 32.3 Å². The van der Waals surface area contributed by atoms with Crippen molar-refractivity contribution in [3.05, 3.63) is 33.9 Å². The van der Waals surface area contributed by atoms with Crippen molar-refractivity contribution in [2.45, 2.75) is 33.3 Å². The second-order valence-electron chi connectivity index (χ2n) is 5.15. The van der Waals surface area contributed by atoms with E-state index in [1.807, 2.05) is 13.8 Å². The molecule has 1 N–H and O–H groups in total. The van der Waals surface area contributed by atoms with Crippen LogP contribution in [0.2, 0.25) is 0 Å². The first-order chi connectivity index (χ1) is 9.39. The average molecular weight is 278 g/mol. The van der Waals surface area contributed by atoms with Crippen molar-refractivity contribution in [3.63, 3.8) is 0 Å². The van der Waals surface area contributed by atoms with E-state index in [-0.39, 0.29) is 12.3 Å². The summed E-state index contributed by atoms with van der Waals surface area (Å²) in [7, 11) is 0. The molecule has 0 spiro atoms. The van der Waals surface area contributed by atoms with Crippen molar-refractivity contribution in [1.82, 2.24) is 0 Å². The number of nitriles is 1. The summed E-state index contributed by atoms with van der Waals surface area (Å²) < 4.78 is 5.51. The van der Waals surface area contributed by atoms with Gasteiger partial charge in [-0.05, 0) is 32.8 Å². The van der Waals surface area contributed by atoms with Crippen LogP contribution in [0.25, 0.3) is 0 Å². The van der Waals surface area contributed by atoms with Gasteiger partial charge in [-0.25, -0.2) is 0 Å². The topological polar surface area (TPSA) is 96.4 Å². The first-order valence-electron chi connectivity index (χ1n) is 6.32. The van der Waals surface area contributed by atoms with E-state index >= 15 is 0 Å². The molecule has 0 aliphatic rings. The molecule has 108 valence electrons. The minimum Gasteiger partial charge on any atom is -0.493 e. The minimum absolute atomic E-state index is 0.0768. The van der Waals surface area contributed by atoms with Gasteiger partial charge in [0.15, 0.2) is 0 Å². The van der Waals surface area contributed by atoms with Crippen LogP contribution in [0, 0.1) is 26.9 Å². The third kappa shape index (κ3) is 4.52. The molecule has 0 saturated carbocycles. The molecule has 20 heavy (non-hydrogen) atoms. The van der Waals surface area contributed by atoms with Gasteiger partial charge < -0.3 is 9.84 Å². The smallest absolute Gasteiger partial charge is 0.270 e. The van der Waals surface area contributed by atoms with Crippen molar-refractivity contribution in [3.8, 4) is 11.8 Å². The summed E-state index contributed by atoms with van der Waals surface area (Å²) in [5.74, 6) is 0.438. The van der Waals surface area contributed by atoms with Crippen LogP contribution in [0.3, 0.4) is 0 Å². The molecule has 0 heterocycles. The Morgan fingerprint density at radius 2 is 2.20 bits per heavy atom. The third-order valence-electron chi connectivity index (χ3n) is 2.93. The third-order valence-corrected chi connectivity index (χ3v) is 2.93. The highest BCUT2D eigenvalue weighted by Crippen LogP contribution is 2.25. The number of aliphatic hydroxyl groups is 1. The van der Waals surface area contributed by atoms with E-state index in [0.717, 1.165) is 0 Å².